The zero-order chi connectivity index (χ0) is 27.4. The van der Waals surface area contributed by atoms with Gasteiger partial charge in [0.15, 0.2) is 0 Å². The summed E-state index contributed by atoms with van der Waals surface area (Å²) < 4.78 is 34.8. The lowest BCUT2D eigenvalue weighted by atomic mass is 10.0. The molecule has 7 nitrogen and oxygen atoms in total. The number of aryl methyl sites for hydroxylation is 1. The van der Waals surface area contributed by atoms with Gasteiger partial charge in [-0.1, -0.05) is 90.5 Å². The molecule has 5 aromatic rings. The quantitative estimate of drug-likeness (QED) is 0.252. The molecule has 5 rings (SSSR count). The lowest BCUT2D eigenvalue weighted by molar-refractivity contribution is 0.158. The molecule has 0 saturated carbocycles. The highest BCUT2D eigenvalue weighted by atomic mass is 32.2. The smallest absolute Gasteiger partial charge is 0.421 e. The number of hydrogen-bond acceptors (Lipinski definition) is 5. The van der Waals surface area contributed by atoms with Gasteiger partial charge < -0.3 is 4.74 Å². The molecule has 0 radical (unpaired) electrons. The summed E-state index contributed by atoms with van der Waals surface area (Å²) in [5.74, 6) is 0.791. The summed E-state index contributed by atoms with van der Waals surface area (Å²) in [4.78, 5) is 16.8. The minimum atomic E-state index is -4.15. The van der Waals surface area contributed by atoms with E-state index in [0.29, 0.717) is 11.1 Å². The van der Waals surface area contributed by atoms with Gasteiger partial charge in [0, 0.05) is 28.6 Å². The molecule has 196 valence electrons. The van der Waals surface area contributed by atoms with Gasteiger partial charge in [-0.3, -0.25) is 4.57 Å². The van der Waals surface area contributed by atoms with Crippen molar-refractivity contribution in [2.75, 3.05) is 6.61 Å². The Labute approximate surface area is 227 Å². The molecule has 0 bridgehead atoms. The van der Waals surface area contributed by atoms with E-state index in [-0.39, 0.29) is 11.5 Å². The van der Waals surface area contributed by atoms with Crippen LogP contribution in [0.4, 0.5) is 4.79 Å². The largest absolute Gasteiger partial charge is 0.449 e. The van der Waals surface area contributed by atoms with Crippen LogP contribution in [0, 0.1) is 6.92 Å². The van der Waals surface area contributed by atoms with E-state index in [1.165, 1.54) is 6.07 Å². The molecule has 0 spiro atoms. The van der Waals surface area contributed by atoms with Crippen LogP contribution in [0.1, 0.15) is 12.5 Å². The van der Waals surface area contributed by atoms with E-state index in [2.05, 4.69) is 0 Å². The third-order valence-corrected chi connectivity index (χ3v) is 7.55. The Morgan fingerprint density at radius 3 is 2.13 bits per heavy atom. The van der Waals surface area contributed by atoms with Gasteiger partial charge in [0.05, 0.1) is 17.2 Å². The molecule has 0 saturated heterocycles. The second kappa shape index (κ2) is 11.0. The van der Waals surface area contributed by atoms with Gasteiger partial charge in [0.2, 0.25) is 0 Å². The lowest BCUT2D eigenvalue weighted by Gasteiger charge is -2.14. The maximum atomic E-state index is 13.0. The van der Waals surface area contributed by atoms with Crippen LogP contribution >= 0.6 is 0 Å². The van der Waals surface area contributed by atoms with Crippen LogP contribution in [0.5, 0.6) is 0 Å². The molecule has 0 aliphatic rings. The molecule has 0 fully saturated rings. The van der Waals surface area contributed by atoms with E-state index in [1.54, 1.807) is 19.1 Å². The van der Waals surface area contributed by atoms with Crippen molar-refractivity contribution < 1.29 is 17.9 Å². The Kier molecular flexibility index (Phi) is 7.29. The predicted octanol–water partition coefficient (Wildman–Crippen LogP) is 6.62. The molecule has 0 atom stereocenters. The van der Waals surface area contributed by atoms with Crippen molar-refractivity contribution in [3.05, 3.63) is 115 Å². The number of nitrogens with zero attached hydrogens (tertiary/aromatic N) is 2. The first-order chi connectivity index (χ1) is 18.9. The molecular formula is C31H27N3O4S. The van der Waals surface area contributed by atoms with Crippen molar-refractivity contribution in [2.45, 2.75) is 18.7 Å². The number of benzene rings is 4. The van der Waals surface area contributed by atoms with Crippen molar-refractivity contribution in [1.82, 2.24) is 14.3 Å². The molecule has 1 aromatic heterocycles. The Bertz CT molecular complexity index is 1710. The molecule has 1 heterocycles. The van der Waals surface area contributed by atoms with Crippen LogP contribution < -0.4 is 4.72 Å². The highest BCUT2D eigenvalue weighted by Crippen LogP contribution is 2.32. The number of carbonyl (C=O) groups is 1. The fourth-order valence-electron chi connectivity index (χ4n) is 4.35. The van der Waals surface area contributed by atoms with Gasteiger partial charge in [0.1, 0.15) is 5.82 Å². The normalized spacial score (nSPS) is 11.2. The summed E-state index contributed by atoms with van der Waals surface area (Å²) >= 11 is 0. The standard InChI is InChI=1S/C31H27N3O4S/c1-3-38-31(35)33-39(36,37)29-19-14-22(2)20-27(29)23-15-17-26(18-16-23)34-21-28(24-10-6-4-7-11-24)32-30(34)25-12-8-5-9-13-25/h4-21H,3H2,1-2H3,(H,33,35). The van der Waals surface area contributed by atoms with E-state index in [0.717, 1.165) is 33.9 Å². The predicted molar refractivity (Wildman–Crippen MR) is 152 cm³/mol. The van der Waals surface area contributed by atoms with E-state index in [1.807, 2.05) is 107 Å². The first kappa shape index (κ1) is 25.9. The maximum Gasteiger partial charge on any atom is 0.421 e. The average molecular weight is 538 g/mol. The third kappa shape index (κ3) is 5.61. The number of carbonyl (C=O) groups excluding carboxylic acids is 1. The molecule has 0 aliphatic carbocycles. The van der Waals surface area contributed by atoms with E-state index in [9.17, 15) is 13.2 Å². The number of imidazole rings is 1. The van der Waals surface area contributed by atoms with Crippen molar-refractivity contribution in [2.24, 2.45) is 0 Å². The number of hydrogen-bond donors (Lipinski definition) is 1. The van der Waals surface area contributed by atoms with Gasteiger partial charge >= 0.3 is 6.09 Å². The Balaban J connectivity index is 1.56. The average Bonchev–Trinajstić information content (AvgIpc) is 3.39. The van der Waals surface area contributed by atoms with Crippen LogP contribution in [0.2, 0.25) is 0 Å². The number of nitrogens with one attached hydrogen (secondary N) is 1. The summed E-state index contributed by atoms with van der Waals surface area (Å²) in [5, 5.41) is 0. The van der Waals surface area contributed by atoms with Crippen molar-refractivity contribution in [3.8, 4) is 39.5 Å². The van der Waals surface area contributed by atoms with Crippen LogP contribution in [0.15, 0.2) is 114 Å². The molecule has 1 N–H and O–H groups in total. The monoisotopic (exact) mass is 537 g/mol. The molecule has 0 unspecified atom stereocenters. The summed E-state index contributed by atoms with van der Waals surface area (Å²) in [6.07, 6.45) is 0.987. The number of rotatable bonds is 7. The van der Waals surface area contributed by atoms with Crippen molar-refractivity contribution >= 4 is 16.1 Å². The zero-order valence-electron chi connectivity index (χ0n) is 21.5. The third-order valence-electron chi connectivity index (χ3n) is 6.18. The van der Waals surface area contributed by atoms with E-state index in [4.69, 9.17) is 9.72 Å². The summed E-state index contributed by atoms with van der Waals surface area (Å²) in [6.45, 7) is 3.56. The highest BCUT2D eigenvalue weighted by Gasteiger charge is 2.23. The van der Waals surface area contributed by atoms with Crippen molar-refractivity contribution in [1.29, 1.82) is 0 Å². The fourth-order valence-corrected chi connectivity index (χ4v) is 5.45. The molecule has 39 heavy (non-hydrogen) atoms. The van der Waals surface area contributed by atoms with Gasteiger partial charge in [-0.2, -0.15) is 0 Å². The number of ether oxygens (including phenoxy) is 1. The van der Waals surface area contributed by atoms with Crippen LogP contribution in [-0.4, -0.2) is 30.7 Å². The fraction of sp³-hybridized carbons (Fsp3) is 0.0968. The zero-order valence-corrected chi connectivity index (χ0v) is 22.4. The SMILES string of the molecule is CCOC(=O)NS(=O)(=O)c1ccc(C)cc1-c1ccc(-n2cc(-c3ccccc3)nc2-c2ccccc2)cc1. The minimum absolute atomic E-state index is 0.00660. The Hall–Kier alpha value is -4.69. The Morgan fingerprint density at radius 1 is 0.846 bits per heavy atom. The first-order valence-corrected chi connectivity index (χ1v) is 14.0. The van der Waals surface area contributed by atoms with E-state index < -0.39 is 16.1 Å². The van der Waals surface area contributed by atoms with Gasteiger partial charge in [0.25, 0.3) is 10.0 Å². The lowest BCUT2D eigenvalue weighted by Crippen LogP contribution is -2.31. The second-order valence-corrected chi connectivity index (χ2v) is 10.6. The van der Waals surface area contributed by atoms with Gasteiger partial charge in [-0.05, 0) is 37.6 Å². The van der Waals surface area contributed by atoms with Gasteiger partial charge in [-0.15, -0.1) is 0 Å². The number of amides is 1. The highest BCUT2D eigenvalue weighted by molar-refractivity contribution is 7.90. The van der Waals surface area contributed by atoms with Crippen LogP contribution in [-0.2, 0) is 14.8 Å². The maximum absolute atomic E-state index is 13.0. The number of sulfonamides is 1. The Morgan fingerprint density at radius 2 is 1.49 bits per heavy atom. The van der Waals surface area contributed by atoms with Crippen LogP contribution in [0.3, 0.4) is 0 Å². The summed E-state index contributed by atoms with van der Waals surface area (Å²) in [5.41, 5.74) is 5.76. The topological polar surface area (TPSA) is 90.3 Å². The molecule has 4 aromatic carbocycles. The second-order valence-electron chi connectivity index (χ2n) is 8.92. The van der Waals surface area contributed by atoms with Gasteiger partial charge in [-0.25, -0.2) is 22.9 Å². The molecular weight excluding hydrogens is 510 g/mol. The minimum Gasteiger partial charge on any atom is -0.449 e. The summed E-state index contributed by atoms with van der Waals surface area (Å²) in [7, 11) is -4.15. The first-order valence-electron chi connectivity index (χ1n) is 12.5. The summed E-state index contributed by atoms with van der Waals surface area (Å²) in [6, 6.07) is 32.5. The number of aromatic nitrogens is 2. The van der Waals surface area contributed by atoms with Crippen molar-refractivity contribution in [3.63, 3.8) is 0 Å². The molecule has 8 heteroatoms. The molecule has 0 aliphatic heterocycles. The van der Waals surface area contributed by atoms with E-state index >= 15 is 0 Å². The van der Waals surface area contributed by atoms with Crippen LogP contribution in [0.25, 0.3) is 39.5 Å². The molecule has 1 amide bonds.